The van der Waals surface area contributed by atoms with Crippen molar-refractivity contribution >= 4 is 5.97 Å². The summed E-state index contributed by atoms with van der Waals surface area (Å²) in [4.78, 5) is 12.1. The first-order valence-electron chi connectivity index (χ1n) is 7.31. The second kappa shape index (κ2) is 6.57. The molecular formula is C19H22O2. The molecule has 0 saturated heterocycles. The molecule has 0 spiro atoms. The predicted molar refractivity (Wildman–Crippen MR) is 85.4 cm³/mol. The third kappa shape index (κ3) is 4.45. The molecule has 2 aromatic carbocycles. The molecule has 0 unspecified atom stereocenters. The van der Waals surface area contributed by atoms with Crippen molar-refractivity contribution in [3.8, 4) is 0 Å². The van der Waals surface area contributed by atoms with Gasteiger partial charge in [-0.15, -0.1) is 0 Å². The molecule has 0 atom stereocenters. The highest BCUT2D eigenvalue weighted by molar-refractivity contribution is 5.89. The number of rotatable bonds is 5. The molecule has 0 fully saturated rings. The predicted octanol–water partition coefficient (Wildman–Crippen LogP) is 4.56. The zero-order chi connectivity index (χ0) is 15.3. The first-order valence-corrected chi connectivity index (χ1v) is 7.31. The van der Waals surface area contributed by atoms with Gasteiger partial charge in [0.1, 0.15) is 5.60 Å². The number of carbonyl (C=O) groups excluding carboxylic acids is 1. The molecule has 2 heteroatoms. The van der Waals surface area contributed by atoms with Crippen LogP contribution < -0.4 is 0 Å². The molecule has 0 aromatic heterocycles. The maximum Gasteiger partial charge on any atom is 0.338 e. The van der Waals surface area contributed by atoms with E-state index in [-0.39, 0.29) is 5.97 Å². The molecular weight excluding hydrogens is 260 g/mol. The van der Waals surface area contributed by atoms with Gasteiger partial charge in [0.2, 0.25) is 0 Å². The fraction of sp³-hybridized carbons (Fsp3) is 0.316. The van der Waals surface area contributed by atoms with E-state index >= 15 is 0 Å². The van der Waals surface area contributed by atoms with Gasteiger partial charge in [-0.25, -0.2) is 4.79 Å². The number of hydrogen-bond donors (Lipinski definition) is 0. The van der Waals surface area contributed by atoms with E-state index in [2.05, 4.69) is 19.1 Å². The Morgan fingerprint density at radius 2 is 1.62 bits per heavy atom. The van der Waals surface area contributed by atoms with Gasteiger partial charge in [0, 0.05) is 0 Å². The van der Waals surface area contributed by atoms with Crippen molar-refractivity contribution in [2.45, 2.75) is 39.2 Å². The molecule has 0 aliphatic rings. The molecule has 0 radical (unpaired) electrons. The Bertz CT molecular complexity index is 600. The highest BCUT2D eigenvalue weighted by Crippen LogP contribution is 2.21. The molecule has 0 amide bonds. The molecule has 0 aliphatic carbocycles. The van der Waals surface area contributed by atoms with Gasteiger partial charge in [0.25, 0.3) is 0 Å². The Balaban J connectivity index is 1.96. The van der Waals surface area contributed by atoms with Crippen molar-refractivity contribution < 1.29 is 9.53 Å². The topological polar surface area (TPSA) is 26.3 Å². The average molecular weight is 282 g/mol. The van der Waals surface area contributed by atoms with Crippen LogP contribution in [0, 0.1) is 6.92 Å². The summed E-state index contributed by atoms with van der Waals surface area (Å²) in [6.07, 6.45) is 1.71. The van der Waals surface area contributed by atoms with Gasteiger partial charge in [0.05, 0.1) is 5.56 Å². The lowest BCUT2D eigenvalue weighted by molar-refractivity contribution is -0.00434. The lowest BCUT2D eigenvalue weighted by atomic mass is 9.96. The Morgan fingerprint density at radius 1 is 1.00 bits per heavy atom. The van der Waals surface area contributed by atoms with Gasteiger partial charge in [-0.2, -0.15) is 0 Å². The summed E-state index contributed by atoms with van der Waals surface area (Å²) in [5.41, 5.74) is 2.71. The van der Waals surface area contributed by atoms with Crippen molar-refractivity contribution in [3.63, 3.8) is 0 Å². The molecule has 0 saturated carbocycles. The fourth-order valence-corrected chi connectivity index (χ4v) is 2.26. The minimum Gasteiger partial charge on any atom is -0.456 e. The highest BCUT2D eigenvalue weighted by Gasteiger charge is 2.23. The number of hydrogen-bond acceptors (Lipinski definition) is 2. The van der Waals surface area contributed by atoms with Crippen LogP contribution in [0.4, 0.5) is 0 Å². The number of benzene rings is 2. The van der Waals surface area contributed by atoms with Gasteiger partial charge in [-0.1, -0.05) is 42.5 Å². The quantitative estimate of drug-likeness (QED) is 0.751. The van der Waals surface area contributed by atoms with Crippen LogP contribution in [-0.2, 0) is 11.2 Å². The Hall–Kier alpha value is -2.09. The summed E-state index contributed by atoms with van der Waals surface area (Å²) in [7, 11) is 0. The molecule has 110 valence electrons. The maximum absolute atomic E-state index is 12.1. The number of carbonyl (C=O) groups is 1. The van der Waals surface area contributed by atoms with Crippen molar-refractivity contribution in [2.75, 3.05) is 0 Å². The van der Waals surface area contributed by atoms with Gasteiger partial charge < -0.3 is 4.74 Å². The van der Waals surface area contributed by atoms with Crippen LogP contribution >= 0.6 is 0 Å². The van der Waals surface area contributed by atoms with E-state index in [1.807, 2.05) is 44.2 Å². The van der Waals surface area contributed by atoms with Gasteiger partial charge in [-0.05, 0) is 56.9 Å². The SMILES string of the molecule is Cc1ccccc1CCC(C)(C)OC(=O)c1ccccc1. The van der Waals surface area contributed by atoms with Crippen molar-refractivity contribution in [1.29, 1.82) is 0 Å². The van der Waals surface area contributed by atoms with E-state index in [9.17, 15) is 4.79 Å². The number of ether oxygens (including phenoxy) is 1. The summed E-state index contributed by atoms with van der Waals surface area (Å²) >= 11 is 0. The second-order valence-electron chi connectivity index (χ2n) is 5.94. The first-order chi connectivity index (χ1) is 9.98. The normalized spacial score (nSPS) is 11.2. The van der Waals surface area contributed by atoms with Crippen LogP contribution in [0.2, 0.25) is 0 Å². The standard InChI is InChI=1S/C19H22O2/c1-15-9-7-8-10-16(15)13-14-19(2,3)21-18(20)17-11-5-4-6-12-17/h4-12H,13-14H2,1-3H3. The van der Waals surface area contributed by atoms with E-state index in [1.54, 1.807) is 12.1 Å². The smallest absolute Gasteiger partial charge is 0.338 e. The van der Waals surface area contributed by atoms with E-state index in [4.69, 9.17) is 4.74 Å². The van der Waals surface area contributed by atoms with E-state index < -0.39 is 5.60 Å². The molecule has 2 rings (SSSR count). The molecule has 0 heterocycles. The Kier molecular flexibility index (Phi) is 4.79. The van der Waals surface area contributed by atoms with Crippen LogP contribution in [0.1, 0.15) is 41.8 Å². The molecule has 0 N–H and O–H groups in total. The Morgan fingerprint density at radius 3 is 2.29 bits per heavy atom. The van der Waals surface area contributed by atoms with E-state index in [0.717, 1.165) is 12.8 Å². The average Bonchev–Trinajstić information content (AvgIpc) is 2.47. The summed E-state index contributed by atoms with van der Waals surface area (Å²) in [6, 6.07) is 17.5. The van der Waals surface area contributed by atoms with Crippen LogP contribution in [0.25, 0.3) is 0 Å². The van der Waals surface area contributed by atoms with Crippen molar-refractivity contribution in [1.82, 2.24) is 0 Å². The third-order valence-corrected chi connectivity index (χ3v) is 3.64. The summed E-state index contributed by atoms with van der Waals surface area (Å²) in [5.74, 6) is -0.259. The van der Waals surface area contributed by atoms with Crippen LogP contribution in [-0.4, -0.2) is 11.6 Å². The summed E-state index contributed by atoms with van der Waals surface area (Å²) < 4.78 is 5.65. The molecule has 2 aromatic rings. The first kappa shape index (κ1) is 15.3. The lowest BCUT2D eigenvalue weighted by Crippen LogP contribution is -2.28. The molecule has 0 aliphatic heterocycles. The monoisotopic (exact) mass is 282 g/mol. The number of esters is 1. The summed E-state index contributed by atoms with van der Waals surface area (Å²) in [5, 5.41) is 0. The summed E-state index contributed by atoms with van der Waals surface area (Å²) in [6.45, 7) is 6.04. The zero-order valence-corrected chi connectivity index (χ0v) is 12.9. The van der Waals surface area contributed by atoms with Crippen LogP contribution in [0.3, 0.4) is 0 Å². The zero-order valence-electron chi connectivity index (χ0n) is 12.9. The van der Waals surface area contributed by atoms with Crippen molar-refractivity contribution in [3.05, 3.63) is 71.3 Å². The van der Waals surface area contributed by atoms with Gasteiger partial charge in [-0.3, -0.25) is 0 Å². The van der Waals surface area contributed by atoms with E-state index in [0.29, 0.717) is 5.56 Å². The number of aryl methyl sites for hydroxylation is 2. The van der Waals surface area contributed by atoms with Gasteiger partial charge in [0.15, 0.2) is 0 Å². The lowest BCUT2D eigenvalue weighted by Gasteiger charge is -2.25. The fourth-order valence-electron chi connectivity index (χ4n) is 2.26. The minimum absolute atomic E-state index is 0.259. The molecule has 21 heavy (non-hydrogen) atoms. The van der Waals surface area contributed by atoms with E-state index in [1.165, 1.54) is 11.1 Å². The van der Waals surface area contributed by atoms with Crippen molar-refractivity contribution in [2.24, 2.45) is 0 Å². The van der Waals surface area contributed by atoms with Crippen LogP contribution in [0.5, 0.6) is 0 Å². The second-order valence-corrected chi connectivity index (χ2v) is 5.94. The molecule has 2 nitrogen and oxygen atoms in total. The van der Waals surface area contributed by atoms with Crippen LogP contribution in [0.15, 0.2) is 54.6 Å². The Labute approximate surface area is 126 Å². The van der Waals surface area contributed by atoms with Gasteiger partial charge >= 0.3 is 5.97 Å². The maximum atomic E-state index is 12.1. The largest absolute Gasteiger partial charge is 0.456 e. The molecule has 0 bridgehead atoms. The highest BCUT2D eigenvalue weighted by atomic mass is 16.6. The third-order valence-electron chi connectivity index (χ3n) is 3.64. The minimum atomic E-state index is -0.477.